The molecule has 0 N–H and O–H groups in total. The molecule has 0 saturated carbocycles. The van der Waals surface area contributed by atoms with Gasteiger partial charge in [0.2, 0.25) is 0 Å². The first kappa shape index (κ1) is 19.2. The summed E-state index contributed by atoms with van der Waals surface area (Å²) in [7, 11) is 0. The maximum atomic E-state index is 4.69. The van der Waals surface area contributed by atoms with Crippen LogP contribution in [0.25, 0.3) is 22.2 Å². The molecule has 31 heavy (non-hydrogen) atoms. The van der Waals surface area contributed by atoms with Gasteiger partial charge in [-0.15, -0.1) is 21.5 Å². The monoisotopic (exact) mass is 428 g/mol. The number of aromatic nitrogens is 3. The zero-order valence-electron chi connectivity index (χ0n) is 17.8. The Balaban J connectivity index is 1.10. The Bertz CT molecular complexity index is 1200. The van der Waals surface area contributed by atoms with E-state index in [0.717, 1.165) is 38.4 Å². The molecule has 2 aliphatic rings. The average Bonchev–Trinajstić information content (AvgIpc) is 3.41. The van der Waals surface area contributed by atoms with Crippen molar-refractivity contribution in [2.45, 2.75) is 44.6 Å². The number of hydrogen-bond donors (Lipinski definition) is 0. The zero-order chi connectivity index (χ0) is 20.6. The molecule has 4 heterocycles. The lowest BCUT2D eigenvalue weighted by Crippen LogP contribution is -2.35. The van der Waals surface area contributed by atoms with Gasteiger partial charge in [-0.1, -0.05) is 42.5 Å². The van der Waals surface area contributed by atoms with E-state index in [1.54, 1.807) is 0 Å². The van der Waals surface area contributed by atoms with Crippen LogP contribution in [0, 0.1) is 0 Å². The molecule has 1 fully saturated rings. The van der Waals surface area contributed by atoms with Crippen LogP contribution in [0.5, 0.6) is 0 Å². The Morgan fingerprint density at radius 3 is 2.71 bits per heavy atom. The molecule has 5 heteroatoms. The fourth-order valence-electron chi connectivity index (χ4n) is 5.26. The number of hydrogen-bond acceptors (Lipinski definition) is 4. The maximum absolute atomic E-state index is 4.69. The van der Waals surface area contributed by atoms with Crippen LogP contribution < -0.4 is 0 Å². The highest BCUT2D eigenvalue weighted by atomic mass is 32.1. The molecule has 158 valence electrons. The minimum atomic E-state index is 0.540. The topological polar surface area (TPSA) is 34.0 Å². The Hall–Kier alpha value is -2.50. The second-order valence-electron chi connectivity index (χ2n) is 8.94. The molecule has 0 spiro atoms. The van der Waals surface area contributed by atoms with Gasteiger partial charge in [-0.3, -0.25) is 0 Å². The smallest absolute Gasteiger partial charge is 0.165 e. The predicted octanol–water partition coefficient (Wildman–Crippen LogP) is 5.53. The lowest BCUT2D eigenvalue weighted by molar-refractivity contribution is 0.209. The lowest BCUT2D eigenvalue weighted by Gasteiger charge is -2.31. The Kier molecular flexibility index (Phi) is 5.09. The summed E-state index contributed by atoms with van der Waals surface area (Å²) >= 11 is 1.86. The first-order valence-electron chi connectivity index (χ1n) is 11.5. The van der Waals surface area contributed by atoms with E-state index < -0.39 is 0 Å². The van der Waals surface area contributed by atoms with Crippen LogP contribution in [-0.2, 0) is 19.4 Å². The van der Waals surface area contributed by atoms with Gasteiger partial charge in [0.25, 0.3) is 0 Å². The number of benzene rings is 2. The molecule has 2 aliphatic heterocycles. The number of thiophene rings is 1. The number of rotatable bonds is 4. The van der Waals surface area contributed by atoms with E-state index in [1.807, 2.05) is 11.3 Å². The van der Waals surface area contributed by atoms with Gasteiger partial charge in [-0.05, 0) is 73.0 Å². The Labute approximate surface area is 187 Å². The molecule has 1 saturated heterocycles. The first-order valence-corrected chi connectivity index (χ1v) is 12.4. The molecule has 2 aromatic heterocycles. The van der Waals surface area contributed by atoms with Gasteiger partial charge in [-0.25, -0.2) is 0 Å². The van der Waals surface area contributed by atoms with Crippen molar-refractivity contribution in [2.24, 2.45) is 0 Å². The highest BCUT2D eigenvalue weighted by Gasteiger charge is 2.28. The molecule has 0 amide bonds. The summed E-state index contributed by atoms with van der Waals surface area (Å²) in [6, 6.07) is 17.8. The van der Waals surface area contributed by atoms with Crippen LogP contribution in [0.4, 0.5) is 0 Å². The highest BCUT2D eigenvalue weighted by Crippen LogP contribution is 2.35. The average molecular weight is 429 g/mol. The maximum Gasteiger partial charge on any atom is 0.165 e. The van der Waals surface area contributed by atoms with E-state index in [-0.39, 0.29) is 0 Å². The number of likely N-dealkylation sites (tertiary alicyclic amines) is 1. The van der Waals surface area contributed by atoms with E-state index >= 15 is 0 Å². The fraction of sp³-hybridized carbons (Fsp3) is 0.385. The molecule has 4 aromatic rings. The standard InChI is InChI=1S/C26H28N4S/c1-2-5-22-18-19(7-8-20(22)4-1)9-14-29-15-10-21(11-16-29)25-27-28-26-23-12-17-31-24(23)6-3-13-30(25)26/h1-2,4-5,7-8,12,17-18,21H,3,6,9-11,13-16H2. The minimum Gasteiger partial charge on any atom is -0.311 e. The van der Waals surface area contributed by atoms with Crippen molar-refractivity contribution < 1.29 is 0 Å². The largest absolute Gasteiger partial charge is 0.311 e. The van der Waals surface area contributed by atoms with E-state index in [4.69, 9.17) is 0 Å². The third-order valence-electron chi connectivity index (χ3n) is 7.03. The number of fused-ring (bicyclic) bond motifs is 4. The summed E-state index contributed by atoms with van der Waals surface area (Å²) in [5.74, 6) is 2.86. The van der Waals surface area contributed by atoms with E-state index in [1.165, 1.54) is 58.3 Å². The van der Waals surface area contributed by atoms with Crippen LogP contribution in [0.1, 0.15) is 41.4 Å². The summed E-state index contributed by atoms with van der Waals surface area (Å²) in [5.41, 5.74) is 2.75. The van der Waals surface area contributed by atoms with Gasteiger partial charge in [0.05, 0.1) is 0 Å². The Morgan fingerprint density at radius 1 is 0.935 bits per heavy atom. The van der Waals surface area contributed by atoms with Crippen molar-refractivity contribution >= 4 is 22.1 Å². The first-order chi connectivity index (χ1) is 15.3. The molecule has 4 nitrogen and oxygen atoms in total. The van der Waals surface area contributed by atoms with Crippen molar-refractivity contribution in [3.05, 3.63) is 70.2 Å². The van der Waals surface area contributed by atoms with Crippen LogP contribution in [0.3, 0.4) is 0 Å². The summed E-state index contributed by atoms with van der Waals surface area (Å²) in [6.07, 6.45) is 5.86. The highest BCUT2D eigenvalue weighted by molar-refractivity contribution is 7.10. The van der Waals surface area contributed by atoms with Gasteiger partial charge < -0.3 is 9.47 Å². The quantitative estimate of drug-likeness (QED) is 0.429. The van der Waals surface area contributed by atoms with Crippen LogP contribution in [-0.4, -0.2) is 39.3 Å². The van der Waals surface area contributed by atoms with Crippen molar-refractivity contribution in [3.63, 3.8) is 0 Å². The summed E-state index contributed by atoms with van der Waals surface area (Å²) in [4.78, 5) is 4.10. The van der Waals surface area contributed by atoms with Gasteiger partial charge >= 0.3 is 0 Å². The van der Waals surface area contributed by atoms with Crippen molar-refractivity contribution in [1.29, 1.82) is 0 Å². The molecule has 0 radical (unpaired) electrons. The van der Waals surface area contributed by atoms with Crippen molar-refractivity contribution in [3.8, 4) is 11.4 Å². The lowest BCUT2D eigenvalue weighted by atomic mass is 9.95. The van der Waals surface area contributed by atoms with Crippen LogP contribution >= 0.6 is 11.3 Å². The molecule has 2 aromatic carbocycles. The molecule has 0 atom stereocenters. The molecule has 0 aliphatic carbocycles. The number of aryl methyl sites for hydroxylation is 1. The SMILES string of the molecule is c1ccc2cc(CCN3CCC(c4nnc5n4CCCc4sccc4-5)CC3)ccc2c1. The number of nitrogens with zero attached hydrogens (tertiary/aromatic N) is 4. The van der Waals surface area contributed by atoms with Crippen LogP contribution in [0.15, 0.2) is 53.9 Å². The number of piperidine rings is 1. The van der Waals surface area contributed by atoms with Gasteiger partial charge in [0, 0.05) is 29.4 Å². The van der Waals surface area contributed by atoms with E-state index in [0.29, 0.717) is 5.92 Å². The zero-order valence-corrected chi connectivity index (χ0v) is 18.7. The third kappa shape index (κ3) is 3.70. The normalized spacial score (nSPS) is 17.4. The van der Waals surface area contributed by atoms with Gasteiger partial charge in [-0.2, -0.15) is 0 Å². The Morgan fingerprint density at radius 2 is 1.81 bits per heavy atom. The molecule has 6 rings (SSSR count). The predicted molar refractivity (Wildman–Crippen MR) is 128 cm³/mol. The fourth-order valence-corrected chi connectivity index (χ4v) is 6.18. The molecular weight excluding hydrogens is 400 g/mol. The van der Waals surface area contributed by atoms with E-state index in [2.05, 4.69) is 73.6 Å². The van der Waals surface area contributed by atoms with Crippen LogP contribution in [0.2, 0.25) is 0 Å². The van der Waals surface area contributed by atoms with Gasteiger partial charge in [0.1, 0.15) is 5.82 Å². The second kappa shape index (κ2) is 8.21. The van der Waals surface area contributed by atoms with E-state index in [9.17, 15) is 0 Å². The van der Waals surface area contributed by atoms with Gasteiger partial charge in [0.15, 0.2) is 5.82 Å². The summed E-state index contributed by atoms with van der Waals surface area (Å²) in [5, 5.41) is 14.2. The van der Waals surface area contributed by atoms with Crippen molar-refractivity contribution in [1.82, 2.24) is 19.7 Å². The minimum absolute atomic E-state index is 0.540. The summed E-state index contributed by atoms with van der Waals surface area (Å²) < 4.78 is 2.42. The third-order valence-corrected chi connectivity index (χ3v) is 8.02. The molecular formula is C26H28N4S. The molecule has 0 bridgehead atoms. The van der Waals surface area contributed by atoms with Crippen molar-refractivity contribution in [2.75, 3.05) is 19.6 Å². The summed E-state index contributed by atoms with van der Waals surface area (Å²) in [6.45, 7) is 4.51. The second-order valence-corrected chi connectivity index (χ2v) is 9.94. The molecule has 0 unspecified atom stereocenters.